The zero-order valence-corrected chi connectivity index (χ0v) is 7.64. The fourth-order valence-corrected chi connectivity index (χ4v) is 0.974. The molecule has 0 radical (unpaired) electrons. The summed E-state index contributed by atoms with van der Waals surface area (Å²) in [6.45, 7) is 0.662. The summed E-state index contributed by atoms with van der Waals surface area (Å²) in [6, 6.07) is 0. The summed E-state index contributed by atoms with van der Waals surface area (Å²) < 4.78 is 0. The maximum absolute atomic E-state index is 5.26. The van der Waals surface area contributed by atoms with Crippen LogP contribution < -0.4 is 5.73 Å². The van der Waals surface area contributed by atoms with Crippen LogP contribution in [0.2, 0.25) is 0 Å². The molecule has 0 atom stereocenters. The molecule has 0 aliphatic carbocycles. The Bertz CT molecular complexity index is 144. The van der Waals surface area contributed by atoms with Gasteiger partial charge in [-0.25, -0.2) is 0 Å². The van der Waals surface area contributed by atoms with Gasteiger partial charge in [-0.15, -0.1) is 46.3 Å². The van der Waals surface area contributed by atoms with Crippen molar-refractivity contribution >= 4 is 36.2 Å². The van der Waals surface area contributed by atoms with Crippen molar-refractivity contribution in [2.45, 2.75) is 6.42 Å². The highest BCUT2D eigenvalue weighted by Gasteiger charge is 1.90. The molecule has 0 saturated carbocycles. The standard InChI is InChI=1S/C4H7N3S.2ClH/c5-2-1-4-7-6-3-8-4;;/h3H,1-2,5H2;2*1H. The van der Waals surface area contributed by atoms with E-state index < -0.39 is 0 Å². The SMILES string of the molecule is Cl.Cl.NCCc1nncs1. The second kappa shape index (κ2) is 7.21. The molecule has 0 fully saturated rings. The van der Waals surface area contributed by atoms with Crippen molar-refractivity contribution in [1.29, 1.82) is 0 Å². The molecular formula is C4H9Cl2N3S. The first-order valence-electron chi connectivity index (χ1n) is 2.38. The molecule has 0 bridgehead atoms. The first-order chi connectivity index (χ1) is 3.93. The van der Waals surface area contributed by atoms with Crippen molar-refractivity contribution in [2.24, 2.45) is 5.73 Å². The second-order valence-electron chi connectivity index (χ2n) is 1.37. The van der Waals surface area contributed by atoms with E-state index in [9.17, 15) is 0 Å². The number of nitrogens with zero attached hydrogens (tertiary/aromatic N) is 2. The molecule has 6 heteroatoms. The van der Waals surface area contributed by atoms with Crippen LogP contribution in [0.3, 0.4) is 0 Å². The van der Waals surface area contributed by atoms with Gasteiger partial charge in [0.2, 0.25) is 0 Å². The van der Waals surface area contributed by atoms with Gasteiger partial charge in [0.1, 0.15) is 10.5 Å². The molecule has 60 valence electrons. The van der Waals surface area contributed by atoms with Crippen molar-refractivity contribution in [3.63, 3.8) is 0 Å². The molecule has 2 N–H and O–H groups in total. The predicted molar refractivity (Wildman–Crippen MR) is 47.2 cm³/mol. The van der Waals surface area contributed by atoms with Crippen molar-refractivity contribution in [3.05, 3.63) is 10.5 Å². The number of nitrogens with two attached hydrogens (primary N) is 1. The molecule has 0 aromatic carbocycles. The molecule has 1 heterocycles. The molecule has 0 spiro atoms. The Morgan fingerprint density at radius 3 is 2.60 bits per heavy atom. The van der Waals surface area contributed by atoms with Crippen molar-refractivity contribution < 1.29 is 0 Å². The van der Waals surface area contributed by atoms with Gasteiger partial charge < -0.3 is 5.73 Å². The predicted octanol–water partition coefficient (Wildman–Crippen LogP) is 0.883. The fourth-order valence-electron chi connectivity index (χ4n) is 0.428. The smallest absolute Gasteiger partial charge is 0.118 e. The van der Waals surface area contributed by atoms with E-state index >= 15 is 0 Å². The van der Waals surface area contributed by atoms with Crippen molar-refractivity contribution in [1.82, 2.24) is 10.2 Å². The minimum atomic E-state index is 0. The summed E-state index contributed by atoms with van der Waals surface area (Å²) in [7, 11) is 0. The molecular weight excluding hydrogens is 193 g/mol. The Hall–Kier alpha value is 0.1000. The molecule has 0 aliphatic rings. The summed E-state index contributed by atoms with van der Waals surface area (Å²) in [5, 5.41) is 8.47. The van der Waals surface area contributed by atoms with E-state index in [0.29, 0.717) is 6.54 Å². The lowest BCUT2D eigenvalue weighted by molar-refractivity contribution is 0.912. The van der Waals surface area contributed by atoms with Gasteiger partial charge >= 0.3 is 0 Å². The van der Waals surface area contributed by atoms with Crippen LogP contribution in [-0.4, -0.2) is 16.7 Å². The molecule has 0 unspecified atom stereocenters. The van der Waals surface area contributed by atoms with Crippen LogP contribution in [0.5, 0.6) is 0 Å². The Balaban J connectivity index is 0. The highest BCUT2D eigenvalue weighted by atomic mass is 35.5. The average Bonchev–Trinajstić information content (AvgIpc) is 2.19. The van der Waals surface area contributed by atoms with E-state index in [0.717, 1.165) is 11.4 Å². The van der Waals surface area contributed by atoms with Gasteiger partial charge in [-0.3, -0.25) is 0 Å². The van der Waals surface area contributed by atoms with Gasteiger partial charge in [-0.2, -0.15) is 0 Å². The molecule has 3 nitrogen and oxygen atoms in total. The minimum absolute atomic E-state index is 0. The van der Waals surface area contributed by atoms with Gasteiger partial charge in [0, 0.05) is 6.42 Å². The molecule has 0 aliphatic heterocycles. The van der Waals surface area contributed by atoms with Crippen molar-refractivity contribution in [3.8, 4) is 0 Å². The largest absolute Gasteiger partial charge is 0.330 e. The zero-order chi connectivity index (χ0) is 5.82. The first-order valence-corrected chi connectivity index (χ1v) is 3.26. The zero-order valence-electron chi connectivity index (χ0n) is 5.19. The van der Waals surface area contributed by atoms with E-state index in [1.54, 1.807) is 16.8 Å². The lowest BCUT2D eigenvalue weighted by Crippen LogP contribution is -2.01. The van der Waals surface area contributed by atoms with Crippen LogP contribution >= 0.6 is 36.2 Å². The highest BCUT2D eigenvalue weighted by molar-refractivity contribution is 7.09. The molecule has 10 heavy (non-hydrogen) atoms. The average molecular weight is 202 g/mol. The highest BCUT2D eigenvalue weighted by Crippen LogP contribution is 1.99. The van der Waals surface area contributed by atoms with Crippen LogP contribution in [-0.2, 0) is 6.42 Å². The Morgan fingerprint density at radius 2 is 2.20 bits per heavy atom. The van der Waals surface area contributed by atoms with Crippen LogP contribution in [0, 0.1) is 0 Å². The number of hydrogen-bond acceptors (Lipinski definition) is 4. The monoisotopic (exact) mass is 201 g/mol. The van der Waals surface area contributed by atoms with E-state index in [1.807, 2.05) is 0 Å². The summed E-state index contributed by atoms with van der Waals surface area (Å²) in [5.74, 6) is 0. The lowest BCUT2D eigenvalue weighted by atomic mass is 10.5. The number of aromatic nitrogens is 2. The van der Waals surface area contributed by atoms with Crippen LogP contribution in [0.15, 0.2) is 5.51 Å². The van der Waals surface area contributed by atoms with Gasteiger partial charge in [-0.05, 0) is 6.54 Å². The molecule has 0 amide bonds. The molecule has 0 saturated heterocycles. The lowest BCUT2D eigenvalue weighted by Gasteiger charge is -1.83. The third kappa shape index (κ3) is 4.00. The summed E-state index contributed by atoms with van der Waals surface area (Å²) >= 11 is 1.55. The maximum atomic E-state index is 5.26. The summed E-state index contributed by atoms with van der Waals surface area (Å²) in [6.07, 6.45) is 0.852. The summed E-state index contributed by atoms with van der Waals surface area (Å²) in [5.41, 5.74) is 6.97. The van der Waals surface area contributed by atoms with Crippen LogP contribution in [0.1, 0.15) is 5.01 Å². The van der Waals surface area contributed by atoms with Gasteiger partial charge in [0.05, 0.1) is 0 Å². The Kier molecular flexibility index (Phi) is 9.19. The third-order valence-corrected chi connectivity index (χ3v) is 1.52. The Morgan fingerprint density at radius 1 is 1.50 bits per heavy atom. The van der Waals surface area contributed by atoms with E-state index in [2.05, 4.69) is 10.2 Å². The molecule has 1 rings (SSSR count). The van der Waals surface area contributed by atoms with E-state index in [1.165, 1.54) is 0 Å². The third-order valence-electron chi connectivity index (χ3n) is 0.763. The quantitative estimate of drug-likeness (QED) is 0.774. The van der Waals surface area contributed by atoms with Crippen molar-refractivity contribution in [2.75, 3.05) is 6.54 Å². The second-order valence-corrected chi connectivity index (χ2v) is 2.29. The molecule has 1 aromatic rings. The molecule has 1 aromatic heterocycles. The van der Waals surface area contributed by atoms with Gasteiger partial charge in [0.15, 0.2) is 0 Å². The summed E-state index contributed by atoms with van der Waals surface area (Å²) in [4.78, 5) is 0. The van der Waals surface area contributed by atoms with Crippen LogP contribution in [0.25, 0.3) is 0 Å². The maximum Gasteiger partial charge on any atom is 0.118 e. The topological polar surface area (TPSA) is 51.8 Å². The Labute approximate surface area is 75.9 Å². The van der Waals surface area contributed by atoms with Crippen LogP contribution in [0.4, 0.5) is 0 Å². The van der Waals surface area contributed by atoms with Gasteiger partial charge in [-0.1, -0.05) is 0 Å². The first kappa shape index (κ1) is 12.7. The normalized spacial score (nSPS) is 7.70. The van der Waals surface area contributed by atoms with E-state index in [-0.39, 0.29) is 24.8 Å². The van der Waals surface area contributed by atoms with Gasteiger partial charge in [0.25, 0.3) is 0 Å². The van der Waals surface area contributed by atoms with E-state index in [4.69, 9.17) is 5.73 Å². The fraction of sp³-hybridized carbons (Fsp3) is 0.500. The number of hydrogen-bond donors (Lipinski definition) is 1. The minimum Gasteiger partial charge on any atom is -0.330 e. The number of halogens is 2. The number of rotatable bonds is 2.